The van der Waals surface area contributed by atoms with Crippen molar-refractivity contribution in [2.24, 2.45) is 0 Å². The van der Waals surface area contributed by atoms with Crippen molar-refractivity contribution in [2.75, 3.05) is 12.8 Å². The number of rotatable bonds is 5. The third-order valence-electron chi connectivity index (χ3n) is 2.87. The van der Waals surface area contributed by atoms with Crippen LogP contribution in [0.4, 0.5) is 10.1 Å². The van der Waals surface area contributed by atoms with Gasteiger partial charge in [-0.2, -0.15) is 0 Å². The Kier molecular flexibility index (Phi) is 4.44. The van der Waals surface area contributed by atoms with Crippen LogP contribution in [0.5, 0.6) is 5.75 Å². The van der Waals surface area contributed by atoms with Crippen LogP contribution >= 0.6 is 0 Å². The molecule has 0 atom stereocenters. The molecule has 3 N–H and O–H groups in total. The summed E-state index contributed by atoms with van der Waals surface area (Å²) in [7, 11) is -2.32. The van der Waals surface area contributed by atoms with Crippen molar-refractivity contribution in [3.63, 3.8) is 0 Å². The fraction of sp³-hybridized carbons (Fsp3) is 0.143. The number of halogens is 1. The highest BCUT2D eigenvalue weighted by Crippen LogP contribution is 2.24. The topological polar surface area (TPSA) is 81.4 Å². The average molecular weight is 310 g/mol. The first-order chi connectivity index (χ1) is 9.92. The van der Waals surface area contributed by atoms with Gasteiger partial charge in [0.1, 0.15) is 11.6 Å². The summed E-state index contributed by atoms with van der Waals surface area (Å²) in [5, 5.41) is 0. The molecule has 0 aromatic heterocycles. The highest BCUT2D eigenvalue weighted by atomic mass is 32.2. The smallest absolute Gasteiger partial charge is 0.241 e. The number of hydrogen-bond donors (Lipinski definition) is 2. The normalized spacial score (nSPS) is 11.3. The van der Waals surface area contributed by atoms with E-state index in [9.17, 15) is 12.8 Å². The molecule has 0 heterocycles. The molecule has 21 heavy (non-hydrogen) atoms. The molecule has 7 heteroatoms. The summed E-state index contributed by atoms with van der Waals surface area (Å²) in [4.78, 5) is 0.0324. The first kappa shape index (κ1) is 15.3. The van der Waals surface area contributed by atoms with Crippen molar-refractivity contribution in [2.45, 2.75) is 11.4 Å². The van der Waals surface area contributed by atoms with E-state index < -0.39 is 15.8 Å². The van der Waals surface area contributed by atoms with Gasteiger partial charge in [-0.1, -0.05) is 12.1 Å². The minimum absolute atomic E-state index is 0.00716. The van der Waals surface area contributed by atoms with E-state index in [2.05, 4.69) is 4.72 Å². The molecule has 2 aromatic rings. The van der Waals surface area contributed by atoms with Crippen molar-refractivity contribution in [3.05, 3.63) is 53.8 Å². The zero-order chi connectivity index (χ0) is 15.5. The molecule has 5 nitrogen and oxygen atoms in total. The molecule has 0 fully saturated rings. The van der Waals surface area contributed by atoms with Gasteiger partial charge in [0, 0.05) is 12.6 Å². The number of nitrogen functional groups attached to an aromatic ring is 1. The predicted molar refractivity (Wildman–Crippen MR) is 77.8 cm³/mol. The van der Waals surface area contributed by atoms with Crippen LogP contribution in [0.1, 0.15) is 5.56 Å². The Bertz CT molecular complexity index is 748. The van der Waals surface area contributed by atoms with Crippen molar-refractivity contribution in [1.82, 2.24) is 4.72 Å². The van der Waals surface area contributed by atoms with E-state index >= 15 is 0 Å². The summed E-state index contributed by atoms with van der Waals surface area (Å²) in [6.07, 6.45) is 0. The Morgan fingerprint density at radius 2 is 2.00 bits per heavy atom. The lowest BCUT2D eigenvalue weighted by Crippen LogP contribution is -2.23. The molecule has 0 spiro atoms. The molecule has 0 saturated carbocycles. The fourth-order valence-corrected chi connectivity index (χ4v) is 2.80. The predicted octanol–water partition coefficient (Wildman–Crippen LogP) is 1.90. The minimum atomic E-state index is -3.73. The first-order valence-electron chi connectivity index (χ1n) is 6.10. The van der Waals surface area contributed by atoms with E-state index in [0.717, 1.165) is 0 Å². The van der Waals surface area contributed by atoms with E-state index in [1.807, 2.05) is 0 Å². The number of sulfonamides is 1. The number of nitrogens with two attached hydrogens (primary N) is 1. The van der Waals surface area contributed by atoms with Crippen LogP contribution in [0, 0.1) is 5.82 Å². The van der Waals surface area contributed by atoms with Gasteiger partial charge in [-0.05, 0) is 29.8 Å². The van der Waals surface area contributed by atoms with Crippen LogP contribution in [0.2, 0.25) is 0 Å². The number of methoxy groups -OCH3 is 1. The van der Waals surface area contributed by atoms with Gasteiger partial charge in [-0.15, -0.1) is 0 Å². The molecule has 0 bridgehead atoms. The van der Waals surface area contributed by atoms with Crippen LogP contribution in [-0.2, 0) is 16.6 Å². The number of benzene rings is 2. The molecule has 0 saturated heterocycles. The van der Waals surface area contributed by atoms with Crippen LogP contribution in [0.15, 0.2) is 47.4 Å². The number of nitrogens with one attached hydrogen (secondary N) is 1. The number of hydrogen-bond acceptors (Lipinski definition) is 4. The molecule has 2 aromatic carbocycles. The van der Waals surface area contributed by atoms with Gasteiger partial charge < -0.3 is 10.5 Å². The highest BCUT2D eigenvalue weighted by molar-refractivity contribution is 7.89. The largest absolute Gasteiger partial charge is 0.495 e. The average Bonchev–Trinajstić information content (AvgIpc) is 2.46. The van der Waals surface area contributed by atoms with Gasteiger partial charge in [0.05, 0.1) is 17.7 Å². The molecule has 0 amide bonds. The third kappa shape index (κ3) is 3.71. The summed E-state index contributed by atoms with van der Waals surface area (Å²) >= 11 is 0. The van der Waals surface area contributed by atoms with Gasteiger partial charge >= 0.3 is 0 Å². The third-order valence-corrected chi connectivity index (χ3v) is 4.27. The molecule has 0 aliphatic rings. The lowest BCUT2D eigenvalue weighted by atomic mass is 10.2. The van der Waals surface area contributed by atoms with Crippen molar-refractivity contribution >= 4 is 15.7 Å². The maximum absolute atomic E-state index is 13.0. The maximum atomic E-state index is 13.0. The summed E-state index contributed by atoms with van der Waals surface area (Å²) < 4.78 is 44.8. The van der Waals surface area contributed by atoms with E-state index in [1.54, 1.807) is 6.07 Å². The van der Waals surface area contributed by atoms with Gasteiger partial charge in [0.15, 0.2) is 0 Å². The molecule has 0 radical (unpaired) electrons. The van der Waals surface area contributed by atoms with Crippen LogP contribution in [0.3, 0.4) is 0 Å². The van der Waals surface area contributed by atoms with Gasteiger partial charge in [-0.3, -0.25) is 0 Å². The molecular weight excluding hydrogens is 295 g/mol. The SMILES string of the molecule is COc1cc(S(=O)(=O)NCc2cccc(F)c2)ccc1N. The first-order valence-corrected chi connectivity index (χ1v) is 7.58. The van der Waals surface area contributed by atoms with Gasteiger partial charge in [-0.25, -0.2) is 17.5 Å². The molecule has 2 rings (SSSR count). The number of ether oxygens (including phenoxy) is 1. The fourth-order valence-electron chi connectivity index (χ4n) is 1.77. The van der Waals surface area contributed by atoms with Crippen molar-refractivity contribution in [1.29, 1.82) is 0 Å². The summed E-state index contributed by atoms with van der Waals surface area (Å²) in [6, 6.07) is 9.89. The van der Waals surface area contributed by atoms with Crippen LogP contribution in [0.25, 0.3) is 0 Å². The Labute approximate surface area is 122 Å². The van der Waals surface area contributed by atoms with Gasteiger partial charge in [0.2, 0.25) is 10.0 Å². The lowest BCUT2D eigenvalue weighted by molar-refractivity contribution is 0.415. The zero-order valence-electron chi connectivity index (χ0n) is 11.3. The minimum Gasteiger partial charge on any atom is -0.495 e. The Morgan fingerprint density at radius 3 is 2.67 bits per heavy atom. The summed E-state index contributed by atoms with van der Waals surface area (Å²) in [6.45, 7) is -0.00716. The van der Waals surface area contributed by atoms with E-state index in [4.69, 9.17) is 10.5 Å². The summed E-state index contributed by atoms with van der Waals surface area (Å²) in [5.41, 5.74) is 6.52. The molecule has 0 aliphatic carbocycles. The Hall–Kier alpha value is -2.12. The van der Waals surface area contributed by atoms with Crippen molar-refractivity contribution < 1.29 is 17.5 Å². The summed E-state index contributed by atoms with van der Waals surface area (Å²) in [5.74, 6) is -0.135. The number of anilines is 1. The van der Waals surface area contributed by atoms with E-state index in [0.29, 0.717) is 11.3 Å². The van der Waals surface area contributed by atoms with Gasteiger partial charge in [0.25, 0.3) is 0 Å². The van der Waals surface area contributed by atoms with E-state index in [-0.39, 0.29) is 17.2 Å². The molecular formula is C14H15FN2O3S. The lowest BCUT2D eigenvalue weighted by Gasteiger charge is -2.10. The molecule has 0 unspecified atom stereocenters. The highest BCUT2D eigenvalue weighted by Gasteiger charge is 2.15. The second kappa shape index (κ2) is 6.11. The zero-order valence-corrected chi connectivity index (χ0v) is 12.2. The van der Waals surface area contributed by atoms with Crippen LogP contribution < -0.4 is 15.2 Å². The van der Waals surface area contributed by atoms with Crippen LogP contribution in [-0.4, -0.2) is 15.5 Å². The van der Waals surface area contributed by atoms with Crippen molar-refractivity contribution in [3.8, 4) is 5.75 Å². The second-order valence-electron chi connectivity index (χ2n) is 4.36. The Morgan fingerprint density at radius 1 is 1.24 bits per heavy atom. The molecule has 0 aliphatic heterocycles. The van der Waals surface area contributed by atoms with E-state index in [1.165, 1.54) is 43.5 Å². The maximum Gasteiger partial charge on any atom is 0.241 e. The molecule has 112 valence electrons. The quantitative estimate of drug-likeness (QED) is 0.826. The second-order valence-corrected chi connectivity index (χ2v) is 6.13. The Balaban J connectivity index is 2.18. The monoisotopic (exact) mass is 310 g/mol. The standard InChI is InChI=1S/C14H15FN2O3S/c1-20-14-8-12(5-6-13(14)16)21(18,19)17-9-10-3-2-4-11(15)7-10/h2-8,17H,9,16H2,1H3.